The lowest BCUT2D eigenvalue weighted by molar-refractivity contribution is 0.411. The molecule has 4 heteroatoms. The van der Waals surface area contributed by atoms with Crippen LogP contribution in [0.15, 0.2) is 36.4 Å². The molecule has 16 heavy (non-hydrogen) atoms. The zero-order chi connectivity index (χ0) is 11.5. The van der Waals surface area contributed by atoms with E-state index in [1.807, 2.05) is 0 Å². The molecule has 0 amide bonds. The topological polar surface area (TPSA) is 22.1 Å². The maximum absolute atomic E-state index is 13.7. The number of pyridine rings is 1. The highest BCUT2D eigenvalue weighted by molar-refractivity contribution is 6.29. The van der Waals surface area contributed by atoms with Crippen molar-refractivity contribution in [3.05, 3.63) is 47.4 Å². The SMILES string of the molecule is COc1ccc(-c2cccc(Cl)n2)c(F)c1. The van der Waals surface area contributed by atoms with E-state index in [-0.39, 0.29) is 5.82 Å². The van der Waals surface area contributed by atoms with Gasteiger partial charge in [0.1, 0.15) is 16.7 Å². The highest BCUT2D eigenvalue weighted by Gasteiger charge is 2.07. The van der Waals surface area contributed by atoms with Gasteiger partial charge in [-0.15, -0.1) is 0 Å². The standard InChI is InChI=1S/C12H9ClFNO/c1-16-8-5-6-9(10(14)7-8)11-3-2-4-12(13)15-11/h2-7H,1H3. The van der Waals surface area contributed by atoms with E-state index in [4.69, 9.17) is 16.3 Å². The van der Waals surface area contributed by atoms with E-state index in [1.165, 1.54) is 13.2 Å². The lowest BCUT2D eigenvalue weighted by atomic mass is 10.1. The third-order valence-electron chi connectivity index (χ3n) is 2.17. The number of benzene rings is 1. The van der Waals surface area contributed by atoms with Crippen molar-refractivity contribution in [3.63, 3.8) is 0 Å². The summed E-state index contributed by atoms with van der Waals surface area (Å²) in [5.41, 5.74) is 0.913. The molecule has 0 saturated carbocycles. The second kappa shape index (κ2) is 4.49. The predicted molar refractivity (Wildman–Crippen MR) is 61.2 cm³/mol. The summed E-state index contributed by atoms with van der Waals surface area (Å²) < 4.78 is 18.6. The number of hydrogen-bond acceptors (Lipinski definition) is 2. The summed E-state index contributed by atoms with van der Waals surface area (Å²) in [6, 6.07) is 9.70. The molecule has 0 aliphatic heterocycles. The minimum atomic E-state index is -0.380. The molecule has 0 aliphatic carbocycles. The van der Waals surface area contributed by atoms with Crippen LogP contribution in [-0.4, -0.2) is 12.1 Å². The number of hydrogen-bond donors (Lipinski definition) is 0. The molecule has 0 bridgehead atoms. The summed E-state index contributed by atoms with van der Waals surface area (Å²) in [5, 5.41) is 0.340. The van der Waals surface area contributed by atoms with E-state index in [0.717, 1.165) is 0 Å². The van der Waals surface area contributed by atoms with Gasteiger partial charge >= 0.3 is 0 Å². The minimum absolute atomic E-state index is 0.340. The summed E-state index contributed by atoms with van der Waals surface area (Å²) in [4.78, 5) is 4.04. The monoisotopic (exact) mass is 237 g/mol. The Labute approximate surface area is 97.7 Å². The van der Waals surface area contributed by atoms with Crippen molar-refractivity contribution in [1.29, 1.82) is 0 Å². The lowest BCUT2D eigenvalue weighted by Crippen LogP contribution is -1.90. The Morgan fingerprint density at radius 2 is 2.06 bits per heavy atom. The van der Waals surface area contributed by atoms with E-state index in [0.29, 0.717) is 22.2 Å². The average molecular weight is 238 g/mol. The average Bonchev–Trinajstić information content (AvgIpc) is 2.28. The van der Waals surface area contributed by atoms with Crippen LogP contribution in [0.3, 0.4) is 0 Å². The quantitative estimate of drug-likeness (QED) is 0.746. The van der Waals surface area contributed by atoms with Crippen molar-refractivity contribution >= 4 is 11.6 Å². The fraction of sp³-hybridized carbons (Fsp3) is 0.0833. The molecule has 0 unspecified atom stereocenters. The van der Waals surface area contributed by atoms with Gasteiger partial charge in [0.05, 0.1) is 12.8 Å². The van der Waals surface area contributed by atoms with Crippen molar-refractivity contribution in [1.82, 2.24) is 4.98 Å². The molecule has 1 heterocycles. The molecule has 0 spiro atoms. The van der Waals surface area contributed by atoms with Crippen molar-refractivity contribution in [3.8, 4) is 17.0 Å². The molecule has 1 aromatic carbocycles. The normalized spacial score (nSPS) is 10.2. The van der Waals surface area contributed by atoms with Crippen LogP contribution in [0.4, 0.5) is 4.39 Å². The molecule has 0 radical (unpaired) electrons. The number of aromatic nitrogens is 1. The van der Waals surface area contributed by atoms with E-state index in [9.17, 15) is 4.39 Å². The van der Waals surface area contributed by atoms with Gasteiger partial charge in [-0.3, -0.25) is 0 Å². The first kappa shape index (κ1) is 10.9. The van der Waals surface area contributed by atoms with Crippen LogP contribution in [0, 0.1) is 5.82 Å². The maximum Gasteiger partial charge on any atom is 0.136 e. The molecule has 0 saturated heterocycles. The third kappa shape index (κ3) is 2.14. The molecule has 2 nitrogen and oxygen atoms in total. The lowest BCUT2D eigenvalue weighted by Gasteiger charge is -2.05. The largest absolute Gasteiger partial charge is 0.497 e. The summed E-state index contributed by atoms with van der Waals surface area (Å²) >= 11 is 5.75. The van der Waals surface area contributed by atoms with Crippen molar-refractivity contribution < 1.29 is 9.13 Å². The Morgan fingerprint density at radius 1 is 1.25 bits per heavy atom. The van der Waals surface area contributed by atoms with Gasteiger partial charge in [0.15, 0.2) is 0 Å². The molecular formula is C12H9ClFNO. The third-order valence-corrected chi connectivity index (χ3v) is 2.38. The van der Waals surface area contributed by atoms with Gasteiger partial charge in [-0.1, -0.05) is 17.7 Å². The molecule has 2 rings (SSSR count). The van der Waals surface area contributed by atoms with Crippen LogP contribution in [0.25, 0.3) is 11.3 Å². The molecule has 0 N–H and O–H groups in total. The Morgan fingerprint density at radius 3 is 2.69 bits per heavy atom. The predicted octanol–water partition coefficient (Wildman–Crippen LogP) is 3.55. The number of ether oxygens (including phenoxy) is 1. The fourth-order valence-corrected chi connectivity index (χ4v) is 1.55. The first-order chi connectivity index (χ1) is 7.70. The summed E-state index contributed by atoms with van der Waals surface area (Å²) in [6.07, 6.45) is 0. The second-order valence-electron chi connectivity index (χ2n) is 3.19. The highest BCUT2D eigenvalue weighted by Crippen LogP contribution is 2.25. The van der Waals surface area contributed by atoms with Gasteiger partial charge in [0, 0.05) is 11.6 Å². The Kier molecular flexibility index (Phi) is 3.06. The molecule has 0 aliphatic rings. The number of methoxy groups -OCH3 is 1. The molecule has 1 aromatic heterocycles. The van der Waals surface area contributed by atoms with Gasteiger partial charge in [-0.2, -0.15) is 0 Å². The molecule has 82 valence electrons. The van der Waals surface area contributed by atoms with Crippen LogP contribution in [0.2, 0.25) is 5.15 Å². The van der Waals surface area contributed by atoms with Gasteiger partial charge in [0.2, 0.25) is 0 Å². The number of halogens is 2. The van der Waals surface area contributed by atoms with Crippen LogP contribution in [-0.2, 0) is 0 Å². The van der Waals surface area contributed by atoms with Crippen LogP contribution in [0.5, 0.6) is 5.75 Å². The zero-order valence-corrected chi connectivity index (χ0v) is 9.33. The van der Waals surface area contributed by atoms with E-state index in [1.54, 1.807) is 30.3 Å². The van der Waals surface area contributed by atoms with Gasteiger partial charge < -0.3 is 4.74 Å². The minimum Gasteiger partial charge on any atom is -0.497 e. The zero-order valence-electron chi connectivity index (χ0n) is 8.58. The summed E-state index contributed by atoms with van der Waals surface area (Å²) in [5.74, 6) is 0.0948. The van der Waals surface area contributed by atoms with Gasteiger partial charge in [0.25, 0.3) is 0 Å². The maximum atomic E-state index is 13.7. The van der Waals surface area contributed by atoms with Crippen LogP contribution < -0.4 is 4.74 Å². The number of rotatable bonds is 2. The Balaban J connectivity index is 2.48. The molecule has 0 atom stereocenters. The summed E-state index contributed by atoms with van der Waals surface area (Å²) in [6.45, 7) is 0. The van der Waals surface area contributed by atoms with Gasteiger partial charge in [-0.25, -0.2) is 9.37 Å². The smallest absolute Gasteiger partial charge is 0.136 e. The van der Waals surface area contributed by atoms with E-state index >= 15 is 0 Å². The molecule has 0 fully saturated rings. The number of nitrogens with zero attached hydrogens (tertiary/aromatic N) is 1. The van der Waals surface area contributed by atoms with Crippen molar-refractivity contribution in [2.45, 2.75) is 0 Å². The second-order valence-corrected chi connectivity index (χ2v) is 3.58. The Hall–Kier alpha value is -1.61. The first-order valence-electron chi connectivity index (χ1n) is 4.67. The van der Waals surface area contributed by atoms with E-state index < -0.39 is 0 Å². The fourth-order valence-electron chi connectivity index (χ4n) is 1.39. The van der Waals surface area contributed by atoms with Crippen LogP contribution >= 0.6 is 11.6 Å². The van der Waals surface area contributed by atoms with Crippen LogP contribution in [0.1, 0.15) is 0 Å². The first-order valence-corrected chi connectivity index (χ1v) is 5.05. The molecular weight excluding hydrogens is 229 g/mol. The summed E-state index contributed by atoms with van der Waals surface area (Å²) in [7, 11) is 1.49. The van der Waals surface area contributed by atoms with E-state index in [2.05, 4.69) is 4.98 Å². The van der Waals surface area contributed by atoms with Gasteiger partial charge in [-0.05, 0) is 24.3 Å². The Bertz CT molecular complexity index is 516. The molecule has 2 aromatic rings. The van der Waals surface area contributed by atoms with Crippen molar-refractivity contribution in [2.24, 2.45) is 0 Å². The van der Waals surface area contributed by atoms with Crippen molar-refractivity contribution in [2.75, 3.05) is 7.11 Å². The highest BCUT2D eigenvalue weighted by atomic mass is 35.5.